The molecule has 1 aliphatic rings. The highest BCUT2D eigenvalue weighted by molar-refractivity contribution is 5.91. The van der Waals surface area contributed by atoms with E-state index in [2.05, 4.69) is 25.8 Å². The Morgan fingerprint density at radius 2 is 2.20 bits per heavy atom. The number of aromatic hydroxyl groups is 1. The molecule has 162 valence electrons. The molecule has 2 unspecified atom stereocenters. The molecule has 2 amide bonds. The average Bonchev–Trinajstić information content (AvgIpc) is 3.37. The van der Waals surface area contributed by atoms with Gasteiger partial charge in [-0.25, -0.2) is 9.78 Å². The van der Waals surface area contributed by atoms with Crippen LogP contribution in [-0.4, -0.2) is 52.0 Å². The van der Waals surface area contributed by atoms with Crippen LogP contribution in [0.25, 0.3) is 0 Å². The van der Waals surface area contributed by atoms with Gasteiger partial charge in [0.2, 0.25) is 5.91 Å². The number of pyridine rings is 1. The molecule has 0 saturated heterocycles. The average molecular weight is 417 g/mol. The molecule has 10 heteroatoms. The maximum atomic E-state index is 12.3. The highest BCUT2D eigenvalue weighted by Crippen LogP contribution is 2.36. The van der Waals surface area contributed by atoms with Crippen molar-refractivity contribution in [1.82, 2.24) is 20.5 Å². The molecule has 2 atom stereocenters. The Morgan fingerprint density at radius 1 is 1.37 bits per heavy atom. The fourth-order valence-corrected chi connectivity index (χ4v) is 3.48. The zero-order chi connectivity index (χ0) is 21.5. The highest BCUT2D eigenvalue weighted by atomic mass is 16.6. The van der Waals surface area contributed by atoms with Crippen molar-refractivity contribution in [3.63, 3.8) is 0 Å². The number of nitrogens with one attached hydrogen (secondary N) is 3. The van der Waals surface area contributed by atoms with E-state index in [-0.39, 0.29) is 42.1 Å². The topological polar surface area (TPSA) is 138 Å². The maximum absolute atomic E-state index is 12.3. The van der Waals surface area contributed by atoms with Gasteiger partial charge in [-0.1, -0.05) is 6.92 Å². The predicted octanol–water partition coefficient (Wildman–Crippen LogP) is 2.47. The van der Waals surface area contributed by atoms with Crippen molar-refractivity contribution in [2.24, 2.45) is 0 Å². The number of aromatic amines is 1. The van der Waals surface area contributed by atoms with E-state index in [9.17, 15) is 14.7 Å². The van der Waals surface area contributed by atoms with Crippen molar-refractivity contribution in [2.45, 2.75) is 51.0 Å². The first-order valence-electron chi connectivity index (χ1n) is 10.0. The number of aromatic nitrogens is 3. The van der Waals surface area contributed by atoms with Gasteiger partial charge < -0.3 is 25.2 Å². The zero-order valence-electron chi connectivity index (χ0n) is 17.1. The SMILES string of the molecule is CCCNC(=O)OC1CCC(c2cc(NC(=O)Cc3ccnc(OC)c3O)n[nH]2)C1. The Balaban J connectivity index is 1.52. The lowest BCUT2D eigenvalue weighted by Gasteiger charge is -2.12. The van der Waals surface area contributed by atoms with E-state index in [1.807, 2.05) is 6.92 Å². The van der Waals surface area contributed by atoms with Crippen molar-refractivity contribution in [3.8, 4) is 11.6 Å². The normalized spacial score (nSPS) is 18.1. The van der Waals surface area contributed by atoms with Gasteiger partial charge >= 0.3 is 6.09 Å². The molecule has 1 aliphatic carbocycles. The number of ether oxygens (including phenoxy) is 2. The van der Waals surface area contributed by atoms with Crippen molar-refractivity contribution in [2.75, 3.05) is 19.0 Å². The maximum Gasteiger partial charge on any atom is 0.407 e. The third kappa shape index (κ3) is 5.40. The summed E-state index contributed by atoms with van der Waals surface area (Å²) in [7, 11) is 1.40. The number of amides is 2. The molecule has 0 aliphatic heterocycles. The number of H-pyrrole nitrogens is 1. The van der Waals surface area contributed by atoms with Crippen LogP contribution in [0, 0.1) is 0 Å². The van der Waals surface area contributed by atoms with Crippen LogP contribution in [0.2, 0.25) is 0 Å². The second-order valence-corrected chi connectivity index (χ2v) is 7.23. The van der Waals surface area contributed by atoms with E-state index in [1.54, 1.807) is 12.1 Å². The van der Waals surface area contributed by atoms with Gasteiger partial charge in [0.15, 0.2) is 11.6 Å². The third-order valence-electron chi connectivity index (χ3n) is 5.00. The number of anilines is 1. The molecule has 10 nitrogen and oxygen atoms in total. The number of methoxy groups -OCH3 is 1. The number of carbonyl (C=O) groups is 2. The summed E-state index contributed by atoms with van der Waals surface area (Å²) in [5.41, 5.74) is 1.30. The van der Waals surface area contributed by atoms with Crippen molar-refractivity contribution < 1.29 is 24.2 Å². The highest BCUT2D eigenvalue weighted by Gasteiger charge is 2.30. The molecule has 0 radical (unpaired) electrons. The second-order valence-electron chi connectivity index (χ2n) is 7.23. The largest absolute Gasteiger partial charge is 0.503 e. The van der Waals surface area contributed by atoms with E-state index >= 15 is 0 Å². The number of hydrogen-bond donors (Lipinski definition) is 4. The summed E-state index contributed by atoms with van der Waals surface area (Å²) < 4.78 is 10.4. The van der Waals surface area contributed by atoms with Gasteiger partial charge in [0.25, 0.3) is 5.88 Å². The minimum atomic E-state index is -0.379. The zero-order valence-corrected chi connectivity index (χ0v) is 17.1. The molecule has 30 heavy (non-hydrogen) atoms. The van der Waals surface area contributed by atoms with Crippen LogP contribution in [-0.2, 0) is 16.0 Å². The van der Waals surface area contributed by atoms with Crippen molar-refractivity contribution in [1.29, 1.82) is 0 Å². The number of rotatable bonds is 8. The standard InChI is InChI=1S/C20H27N5O5/c1-3-7-22-20(28)30-14-5-4-12(9-14)15-11-16(25-24-15)23-17(26)10-13-6-8-21-19(29-2)18(13)27/h6,8,11-12,14,27H,3-5,7,9-10H2,1-2H3,(H,22,28)(H2,23,24,25,26). The molecule has 3 rings (SSSR count). The van der Waals surface area contributed by atoms with Gasteiger partial charge in [-0.15, -0.1) is 0 Å². The Labute approximate surface area is 174 Å². The number of hydrogen-bond acceptors (Lipinski definition) is 7. The van der Waals surface area contributed by atoms with Crippen LogP contribution >= 0.6 is 0 Å². The van der Waals surface area contributed by atoms with E-state index in [4.69, 9.17) is 9.47 Å². The van der Waals surface area contributed by atoms with Crippen LogP contribution in [0.15, 0.2) is 18.3 Å². The lowest BCUT2D eigenvalue weighted by Crippen LogP contribution is -2.28. The quantitative estimate of drug-likeness (QED) is 0.517. The van der Waals surface area contributed by atoms with Crippen molar-refractivity contribution >= 4 is 17.8 Å². The summed E-state index contributed by atoms with van der Waals surface area (Å²) in [6.45, 7) is 2.58. The van der Waals surface area contributed by atoms with Gasteiger partial charge in [-0.3, -0.25) is 9.89 Å². The number of carbonyl (C=O) groups excluding carboxylic acids is 2. The Morgan fingerprint density at radius 3 is 2.97 bits per heavy atom. The Kier molecular flexibility index (Phi) is 7.10. The molecule has 2 aromatic rings. The monoisotopic (exact) mass is 417 g/mol. The van der Waals surface area contributed by atoms with Crippen LogP contribution in [0.5, 0.6) is 11.6 Å². The summed E-state index contributed by atoms with van der Waals surface area (Å²) in [5, 5.41) is 22.6. The first kappa shape index (κ1) is 21.4. The van der Waals surface area contributed by atoms with Gasteiger partial charge in [-0.05, 0) is 31.7 Å². The minimum absolute atomic E-state index is 0.0425. The Hall–Kier alpha value is -3.30. The summed E-state index contributed by atoms with van der Waals surface area (Å²) >= 11 is 0. The van der Waals surface area contributed by atoms with Crippen molar-refractivity contribution in [3.05, 3.63) is 29.6 Å². The predicted molar refractivity (Wildman–Crippen MR) is 109 cm³/mol. The van der Waals surface area contributed by atoms with E-state index in [1.165, 1.54) is 13.3 Å². The van der Waals surface area contributed by atoms with Gasteiger partial charge in [0, 0.05) is 36.0 Å². The van der Waals surface area contributed by atoms with E-state index in [0.29, 0.717) is 24.3 Å². The summed E-state index contributed by atoms with van der Waals surface area (Å²) in [4.78, 5) is 27.9. The molecule has 1 fully saturated rings. The van der Waals surface area contributed by atoms with Gasteiger partial charge in [0.1, 0.15) is 6.10 Å². The molecule has 2 aromatic heterocycles. The minimum Gasteiger partial charge on any atom is -0.503 e. The lowest BCUT2D eigenvalue weighted by atomic mass is 10.0. The molecule has 4 N–H and O–H groups in total. The molecule has 0 spiro atoms. The lowest BCUT2D eigenvalue weighted by molar-refractivity contribution is -0.115. The molecule has 0 bridgehead atoms. The molecular formula is C20H27N5O5. The van der Waals surface area contributed by atoms with Crippen LogP contribution in [0.1, 0.15) is 49.8 Å². The van der Waals surface area contributed by atoms with Gasteiger partial charge in [-0.2, -0.15) is 5.10 Å². The molecular weight excluding hydrogens is 390 g/mol. The summed E-state index contributed by atoms with van der Waals surface area (Å²) in [6, 6.07) is 3.35. The summed E-state index contributed by atoms with van der Waals surface area (Å²) in [5.74, 6) is 0.180. The van der Waals surface area contributed by atoms with Gasteiger partial charge in [0.05, 0.1) is 13.5 Å². The fourth-order valence-electron chi connectivity index (χ4n) is 3.48. The Bertz CT molecular complexity index is 884. The number of alkyl carbamates (subject to hydrolysis) is 1. The molecule has 2 heterocycles. The fraction of sp³-hybridized carbons (Fsp3) is 0.500. The first-order valence-corrected chi connectivity index (χ1v) is 10.0. The smallest absolute Gasteiger partial charge is 0.407 e. The molecule has 0 aromatic carbocycles. The third-order valence-corrected chi connectivity index (χ3v) is 5.00. The van der Waals surface area contributed by atoms with Crippen LogP contribution in [0.3, 0.4) is 0 Å². The van der Waals surface area contributed by atoms with Crippen LogP contribution in [0.4, 0.5) is 10.6 Å². The second kappa shape index (κ2) is 9.95. The van der Waals surface area contributed by atoms with E-state index < -0.39 is 0 Å². The first-order chi connectivity index (χ1) is 14.5. The van der Waals surface area contributed by atoms with Crippen LogP contribution < -0.4 is 15.4 Å². The van der Waals surface area contributed by atoms with E-state index in [0.717, 1.165) is 25.0 Å². The molecule has 1 saturated carbocycles. The number of nitrogens with zero attached hydrogens (tertiary/aromatic N) is 2. The summed E-state index contributed by atoms with van der Waals surface area (Å²) in [6.07, 6.45) is 4.14.